The predicted octanol–water partition coefficient (Wildman–Crippen LogP) is 3.19. The van der Waals surface area contributed by atoms with E-state index in [4.69, 9.17) is 16.3 Å². The van der Waals surface area contributed by atoms with Crippen LogP contribution in [0.25, 0.3) is 0 Å². The van der Waals surface area contributed by atoms with Gasteiger partial charge in [-0.3, -0.25) is 29.4 Å². The van der Waals surface area contributed by atoms with E-state index in [-0.39, 0.29) is 43.3 Å². The zero-order valence-electron chi connectivity index (χ0n) is 16.0. The van der Waals surface area contributed by atoms with Crippen LogP contribution in [-0.4, -0.2) is 42.4 Å². The van der Waals surface area contributed by atoms with Crippen LogP contribution in [0.3, 0.4) is 0 Å². The Morgan fingerprint density at radius 1 is 1.17 bits per heavy atom. The normalized spacial score (nSPS) is 13.5. The molecule has 156 valence electrons. The molecule has 10 heteroatoms. The van der Waals surface area contributed by atoms with Crippen LogP contribution < -0.4 is 9.80 Å². The largest absolute Gasteiger partial charge is 0.465 e. The number of non-ortho nitro benzene ring substituents is 1. The molecule has 2 amide bonds. The van der Waals surface area contributed by atoms with Gasteiger partial charge in [0.25, 0.3) is 11.6 Å². The Kier molecular flexibility index (Phi) is 6.31. The molecule has 1 aliphatic heterocycles. The second-order valence-electron chi connectivity index (χ2n) is 6.43. The number of halogens is 1. The molecule has 0 spiro atoms. The highest BCUT2D eigenvalue weighted by Gasteiger charge is 2.31. The van der Waals surface area contributed by atoms with Gasteiger partial charge in [0, 0.05) is 35.7 Å². The van der Waals surface area contributed by atoms with Crippen LogP contribution in [0.1, 0.15) is 23.7 Å². The van der Waals surface area contributed by atoms with E-state index in [1.54, 1.807) is 19.1 Å². The van der Waals surface area contributed by atoms with E-state index >= 15 is 0 Å². The molecule has 0 radical (unpaired) electrons. The molecule has 0 unspecified atom stereocenters. The quantitative estimate of drug-likeness (QED) is 0.408. The Morgan fingerprint density at radius 3 is 2.50 bits per heavy atom. The number of hydrogen-bond acceptors (Lipinski definition) is 6. The molecule has 2 aromatic rings. The summed E-state index contributed by atoms with van der Waals surface area (Å²) in [5.41, 5.74) is 0.810. The third-order valence-corrected chi connectivity index (χ3v) is 4.77. The Morgan fingerprint density at radius 2 is 1.87 bits per heavy atom. The molecule has 3 rings (SSSR count). The van der Waals surface area contributed by atoms with Crippen molar-refractivity contribution in [1.82, 2.24) is 0 Å². The zero-order valence-corrected chi connectivity index (χ0v) is 16.8. The fourth-order valence-corrected chi connectivity index (χ4v) is 3.31. The molecule has 0 fully saturated rings. The van der Waals surface area contributed by atoms with Crippen LogP contribution in [0, 0.1) is 10.1 Å². The monoisotopic (exact) mass is 431 g/mol. The van der Waals surface area contributed by atoms with Gasteiger partial charge in [0.2, 0.25) is 5.91 Å². The van der Waals surface area contributed by atoms with Crippen molar-refractivity contribution in [3.05, 3.63) is 63.2 Å². The molecular formula is C20H18ClN3O6. The van der Waals surface area contributed by atoms with Crippen molar-refractivity contribution in [2.24, 2.45) is 0 Å². The number of carbonyl (C=O) groups is 3. The Hall–Kier alpha value is -3.46. The van der Waals surface area contributed by atoms with E-state index in [2.05, 4.69) is 0 Å². The van der Waals surface area contributed by atoms with Crippen LogP contribution in [0.4, 0.5) is 17.1 Å². The Labute approximate surface area is 176 Å². The van der Waals surface area contributed by atoms with Gasteiger partial charge in [-0.05, 0) is 37.3 Å². The summed E-state index contributed by atoms with van der Waals surface area (Å²) in [6, 6.07) is 9.89. The summed E-state index contributed by atoms with van der Waals surface area (Å²) in [7, 11) is 0. The molecule has 0 N–H and O–H groups in total. The lowest BCUT2D eigenvalue weighted by molar-refractivity contribution is -0.384. The van der Waals surface area contributed by atoms with Gasteiger partial charge in [0.15, 0.2) is 0 Å². The second kappa shape index (κ2) is 8.91. The SMILES string of the molecule is CCOC(=O)CN1C(=O)CCN(C(=O)c2ccc([N+](=O)[O-])cc2)c2ccc(Cl)cc21. The standard InChI is InChI=1S/C20H18ClN3O6/c1-2-30-19(26)12-23-17-11-14(21)5-8-16(17)22(10-9-18(23)25)20(27)13-3-6-15(7-4-13)24(28)29/h3-8,11H,2,9-10,12H2,1H3. The average molecular weight is 432 g/mol. The van der Waals surface area contributed by atoms with Gasteiger partial charge in [-0.25, -0.2) is 0 Å². The van der Waals surface area contributed by atoms with Gasteiger partial charge in [-0.1, -0.05) is 11.6 Å². The molecule has 1 aliphatic rings. The van der Waals surface area contributed by atoms with Crippen molar-refractivity contribution >= 4 is 46.4 Å². The number of ether oxygens (including phenoxy) is 1. The number of esters is 1. The smallest absolute Gasteiger partial charge is 0.326 e. The first-order valence-electron chi connectivity index (χ1n) is 9.13. The average Bonchev–Trinajstić information content (AvgIpc) is 2.85. The van der Waals surface area contributed by atoms with E-state index < -0.39 is 16.8 Å². The number of anilines is 2. The van der Waals surface area contributed by atoms with Crippen LogP contribution in [0.15, 0.2) is 42.5 Å². The maximum absolute atomic E-state index is 13.1. The second-order valence-corrected chi connectivity index (χ2v) is 6.87. The van der Waals surface area contributed by atoms with Crippen LogP contribution >= 0.6 is 11.6 Å². The number of amides is 2. The molecule has 30 heavy (non-hydrogen) atoms. The van der Waals surface area contributed by atoms with Crippen molar-refractivity contribution in [3.63, 3.8) is 0 Å². The molecule has 0 bridgehead atoms. The fraction of sp³-hybridized carbons (Fsp3) is 0.250. The number of rotatable bonds is 5. The number of carbonyl (C=O) groups excluding carboxylic acids is 3. The summed E-state index contributed by atoms with van der Waals surface area (Å²) >= 11 is 6.11. The molecule has 1 heterocycles. The van der Waals surface area contributed by atoms with Gasteiger partial charge in [0.1, 0.15) is 6.54 Å². The van der Waals surface area contributed by atoms with Crippen molar-refractivity contribution in [2.75, 3.05) is 29.5 Å². The number of hydrogen-bond donors (Lipinski definition) is 0. The minimum absolute atomic E-state index is 0.0234. The summed E-state index contributed by atoms with van der Waals surface area (Å²) in [6.07, 6.45) is -0.0234. The molecule has 9 nitrogen and oxygen atoms in total. The molecule has 2 aromatic carbocycles. The fourth-order valence-electron chi connectivity index (χ4n) is 3.14. The zero-order chi connectivity index (χ0) is 21.8. The van der Waals surface area contributed by atoms with Crippen LogP contribution in [-0.2, 0) is 14.3 Å². The van der Waals surface area contributed by atoms with E-state index in [1.807, 2.05) is 0 Å². The molecule has 0 aromatic heterocycles. The van der Waals surface area contributed by atoms with Gasteiger partial charge in [-0.2, -0.15) is 0 Å². The van der Waals surface area contributed by atoms with E-state index in [0.717, 1.165) is 0 Å². The Balaban J connectivity index is 1.99. The third kappa shape index (κ3) is 4.41. The highest BCUT2D eigenvalue weighted by molar-refractivity contribution is 6.31. The van der Waals surface area contributed by atoms with Gasteiger partial charge < -0.3 is 9.64 Å². The van der Waals surface area contributed by atoms with Crippen molar-refractivity contribution in [1.29, 1.82) is 0 Å². The lowest BCUT2D eigenvalue weighted by atomic mass is 10.1. The topological polar surface area (TPSA) is 110 Å². The summed E-state index contributed by atoms with van der Waals surface area (Å²) in [6.45, 7) is 1.60. The van der Waals surface area contributed by atoms with Crippen LogP contribution in [0.2, 0.25) is 5.02 Å². The lowest BCUT2D eigenvalue weighted by Gasteiger charge is -2.25. The third-order valence-electron chi connectivity index (χ3n) is 4.53. The molecule has 0 atom stereocenters. The molecule has 0 aliphatic carbocycles. The minimum Gasteiger partial charge on any atom is -0.465 e. The lowest BCUT2D eigenvalue weighted by Crippen LogP contribution is -2.36. The van der Waals surface area contributed by atoms with E-state index in [0.29, 0.717) is 16.4 Å². The van der Waals surface area contributed by atoms with Crippen molar-refractivity contribution < 1.29 is 24.0 Å². The van der Waals surface area contributed by atoms with E-state index in [1.165, 1.54) is 40.1 Å². The Bertz CT molecular complexity index is 1010. The van der Waals surface area contributed by atoms with Crippen molar-refractivity contribution in [3.8, 4) is 0 Å². The minimum atomic E-state index is -0.577. The van der Waals surface area contributed by atoms with Gasteiger partial charge >= 0.3 is 5.97 Å². The summed E-state index contributed by atoms with van der Waals surface area (Å²) in [4.78, 5) is 50.8. The number of nitro benzene ring substituents is 1. The summed E-state index contributed by atoms with van der Waals surface area (Å²) < 4.78 is 4.95. The first-order chi connectivity index (χ1) is 14.3. The molecule has 0 saturated heterocycles. The van der Waals surface area contributed by atoms with Gasteiger partial charge in [-0.15, -0.1) is 0 Å². The number of benzene rings is 2. The maximum Gasteiger partial charge on any atom is 0.326 e. The highest BCUT2D eigenvalue weighted by atomic mass is 35.5. The van der Waals surface area contributed by atoms with Crippen molar-refractivity contribution in [2.45, 2.75) is 13.3 Å². The number of nitro groups is 1. The van der Waals surface area contributed by atoms with E-state index in [9.17, 15) is 24.5 Å². The number of nitrogens with zero attached hydrogens (tertiary/aromatic N) is 3. The van der Waals surface area contributed by atoms with Gasteiger partial charge in [0.05, 0.1) is 22.9 Å². The highest BCUT2D eigenvalue weighted by Crippen LogP contribution is 2.36. The maximum atomic E-state index is 13.1. The molecule has 0 saturated carbocycles. The van der Waals surface area contributed by atoms with Crippen LogP contribution in [0.5, 0.6) is 0 Å². The number of fused-ring (bicyclic) bond motifs is 1. The first-order valence-corrected chi connectivity index (χ1v) is 9.51. The predicted molar refractivity (Wildman–Crippen MR) is 110 cm³/mol. The molecular weight excluding hydrogens is 414 g/mol. The summed E-state index contributed by atoms with van der Waals surface area (Å²) in [5, 5.41) is 11.2. The summed E-state index contributed by atoms with van der Waals surface area (Å²) in [5.74, 6) is -1.36. The first kappa shape index (κ1) is 21.3.